The van der Waals surface area contributed by atoms with E-state index in [1.54, 1.807) is 12.3 Å². The number of aliphatic hydroxyl groups excluding tert-OH is 1. The van der Waals surface area contributed by atoms with Crippen LogP contribution in [0.3, 0.4) is 0 Å². The van der Waals surface area contributed by atoms with E-state index >= 15 is 0 Å². The van der Waals surface area contributed by atoms with Crippen molar-refractivity contribution >= 4 is 6.29 Å². The number of nitrogens with zero attached hydrogens (tertiary/aromatic N) is 1. The summed E-state index contributed by atoms with van der Waals surface area (Å²) in [6.45, 7) is 2.13. The number of β-amino-alcohol motifs (C(OH)–C–C–N with tert-alkyl or cyclic N) is 1. The zero-order chi connectivity index (χ0) is 9.26. The van der Waals surface area contributed by atoms with Crippen LogP contribution in [0.2, 0.25) is 0 Å². The van der Waals surface area contributed by atoms with Crippen LogP contribution in [-0.4, -0.2) is 40.5 Å². The molecule has 0 aromatic carbocycles. The summed E-state index contributed by atoms with van der Waals surface area (Å²) in [4.78, 5) is 15.7. The van der Waals surface area contributed by atoms with Gasteiger partial charge in [-0.1, -0.05) is 0 Å². The summed E-state index contributed by atoms with van der Waals surface area (Å²) in [5.41, 5.74) is 1.64. The molecule has 0 spiro atoms. The van der Waals surface area contributed by atoms with Crippen molar-refractivity contribution in [3.05, 3.63) is 23.5 Å². The van der Waals surface area contributed by atoms with Gasteiger partial charge in [-0.25, -0.2) is 0 Å². The predicted molar refractivity (Wildman–Crippen MR) is 47.5 cm³/mol. The molecule has 1 aliphatic heterocycles. The van der Waals surface area contributed by atoms with Gasteiger partial charge in [-0.05, 0) is 6.07 Å². The van der Waals surface area contributed by atoms with Crippen molar-refractivity contribution in [2.24, 2.45) is 0 Å². The van der Waals surface area contributed by atoms with E-state index < -0.39 is 0 Å². The van der Waals surface area contributed by atoms with E-state index in [0.717, 1.165) is 18.5 Å². The molecule has 0 unspecified atom stereocenters. The largest absolute Gasteiger partial charge is 0.390 e. The van der Waals surface area contributed by atoms with Gasteiger partial charge in [0.1, 0.15) is 0 Å². The zero-order valence-electron chi connectivity index (χ0n) is 7.23. The molecule has 2 rings (SSSR count). The number of carbonyl (C=O) groups excluding carboxylic acids is 1. The Morgan fingerprint density at radius 1 is 1.69 bits per heavy atom. The second-order valence-corrected chi connectivity index (χ2v) is 3.38. The van der Waals surface area contributed by atoms with Crippen LogP contribution in [0.15, 0.2) is 12.3 Å². The molecule has 4 heteroatoms. The van der Waals surface area contributed by atoms with Crippen molar-refractivity contribution in [3.63, 3.8) is 0 Å². The van der Waals surface area contributed by atoms with Crippen molar-refractivity contribution in [1.29, 1.82) is 0 Å². The Morgan fingerprint density at radius 3 is 3.08 bits per heavy atom. The molecule has 1 aromatic heterocycles. The molecule has 0 saturated carbocycles. The van der Waals surface area contributed by atoms with Gasteiger partial charge in [0, 0.05) is 37.1 Å². The Kier molecular flexibility index (Phi) is 2.16. The Hall–Kier alpha value is -1.13. The molecule has 0 aliphatic carbocycles. The summed E-state index contributed by atoms with van der Waals surface area (Å²) in [6.07, 6.45) is 2.42. The molecule has 0 bridgehead atoms. The molecular formula is C9H12N2O2. The van der Waals surface area contributed by atoms with Crippen molar-refractivity contribution in [2.75, 3.05) is 13.1 Å². The third-order valence-corrected chi connectivity index (χ3v) is 2.32. The van der Waals surface area contributed by atoms with Gasteiger partial charge in [0.2, 0.25) is 0 Å². The molecule has 1 fully saturated rings. The quantitative estimate of drug-likeness (QED) is 0.644. The van der Waals surface area contributed by atoms with E-state index in [2.05, 4.69) is 9.88 Å². The number of aromatic amines is 1. The third-order valence-electron chi connectivity index (χ3n) is 2.32. The highest BCUT2D eigenvalue weighted by atomic mass is 16.3. The lowest BCUT2D eigenvalue weighted by Crippen LogP contribution is -2.49. The fourth-order valence-electron chi connectivity index (χ4n) is 1.56. The Balaban J connectivity index is 1.97. The Labute approximate surface area is 76.2 Å². The number of nitrogens with one attached hydrogen (secondary N) is 1. The van der Waals surface area contributed by atoms with E-state index in [4.69, 9.17) is 5.11 Å². The standard InChI is InChI=1S/C9H12N2O2/c12-6-7-1-2-10-9(7)5-11-3-8(13)4-11/h1-2,6,8,10,13H,3-5H2. The fraction of sp³-hybridized carbons (Fsp3) is 0.444. The van der Waals surface area contributed by atoms with Crippen LogP contribution >= 0.6 is 0 Å². The first-order valence-corrected chi connectivity index (χ1v) is 4.31. The summed E-state index contributed by atoms with van der Waals surface area (Å²) in [6, 6.07) is 1.76. The van der Waals surface area contributed by atoms with Crippen LogP contribution in [0, 0.1) is 0 Å². The minimum absolute atomic E-state index is 0.186. The number of hydrogen-bond donors (Lipinski definition) is 2. The molecule has 70 valence electrons. The number of aldehydes is 1. The van der Waals surface area contributed by atoms with Gasteiger partial charge in [-0.3, -0.25) is 9.69 Å². The third kappa shape index (κ3) is 1.64. The number of hydrogen-bond acceptors (Lipinski definition) is 3. The van der Waals surface area contributed by atoms with Crippen LogP contribution < -0.4 is 0 Å². The van der Waals surface area contributed by atoms with Crippen LogP contribution in [0.5, 0.6) is 0 Å². The molecule has 13 heavy (non-hydrogen) atoms. The lowest BCUT2D eigenvalue weighted by molar-refractivity contribution is -0.00352. The first-order chi connectivity index (χ1) is 6.29. The SMILES string of the molecule is O=Cc1cc[nH]c1CN1CC(O)C1. The maximum absolute atomic E-state index is 10.6. The minimum Gasteiger partial charge on any atom is -0.390 e. The number of aromatic nitrogens is 1. The topological polar surface area (TPSA) is 56.3 Å². The fourth-order valence-corrected chi connectivity index (χ4v) is 1.56. The number of aliphatic hydroxyl groups is 1. The van der Waals surface area contributed by atoms with Gasteiger partial charge in [0.25, 0.3) is 0 Å². The van der Waals surface area contributed by atoms with Crippen LogP contribution in [0.1, 0.15) is 16.1 Å². The zero-order valence-corrected chi connectivity index (χ0v) is 7.23. The highest BCUT2D eigenvalue weighted by Crippen LogP contribution is 2.13. The van der Waals surface area contributed by atoms with Gasteiger partial charge in [-0.15, -0.1) is 0 Å². The molecule has 0 amide bonds. The van der Waals surface area contributed by atoms with Crippen molar-refractivity contribution in [1.82, 2.24) is 9.88 Å². The highest BCUT2D eigenvalue weighted by Gasteiger charge is 2.24. The van der Waals surface area contributed by atoms with Gasteiger partial charge >= 0.3 is 0 Å². The van der Waals surface area contributed by atoms with Gasteiger partial charge in [-0.2, -0.15) is 0 Å². The highest BCUT2D eigenvalue weighted by molar-refractivity contribution is 5.76. The van der Waals surface area contributed by atoms with E-state index in [-0.39, 0.29) is 6.10 Å². The molecule has 4 nitrogen and oxygen atoms in total. The second-order valence-electron chi connectivity index (χ2n) is 3.38. The number of likely N-dealkylation sites (tertiary alicyclic amines) is 1. The molecular weight excluding hydrogens is 168 g/mol. The normalized spacial score (nSPS) is 18.5. The number of carbonyl (C=O) groups is 1. The maximum Gasteiger partial charge on any atom is 0.151 e. The second kappa shape index (κ2) is 3.32. The number of H-pyrrole nitrogens is 1. The van der Waals surface area contributed by atoms with Crippen molar-refractivity contribution in [3.8, 4) is 0 Å². The van der Waals surface area contributed by atoms with Crippen molar-refractivity contribution < 1.29 is 9.90 Å². The van der Waals surface area contributed by atoms with Crippen LogP contribution in [0.4, 0.5) is 0 Å². The van der Waals surface area contributed by atoms with E-state index in [1.165, 1.54) is 0 Å². The van der Waals surface area contributed by atoms with E-state index in [9.17, 15) is 4.79 Å². The first-order valence-electron chi connectivity index (χ1n) is 4.31. The minimum atomic E-state index is -0.186. The monoisotopic (exact) mass is 180 g/mol. The smallest absolute Gasteiger partial charge is 0.151 e. The van der Waals surface area contributed by atoms with E-state index in [1.807, 2.05) is 0 Å². The summed E-state index contributed by atoms with van der Waals surface area (Å²) >= 11 is 0. The summed E-state index contributed by atoms with van der Waals surface area (Å²) in [5.74, 6) is 0. The van der Waals surface area contributed by atoms with Crippen LogP contribution in [0.25, 0.3) is 0 Å². The van der Waals surface area contributed by atoms with Gasteiger partial charge in [0.15, 0.2) is 6.29 Å². The Morgan fingerprint density at radius 2 is 2.46 bits per heavy atom. The average molecular weight is 180 g/mol. The molecule has 0 atom stereocenters. The Bertz CT molecular complexity index is 302. The van der Waals surface area contributed by atoms with Gasteiger partial charge < -0.3 is 10.1 Å². The first kappa shape index (κ1) is 8.47. The molecule has 1 aliphatic rings. The summed E-state index contributed by atoms with van der Waals surface area (Å²) in [5, 5.41) is 9.05. The molecule has 1 aromatic rings. The van der Waals surface area contributed by atoms with E-state index in [0.29, 0.717) is 18.7 Å². The molecule has 2 N–H and O–H groups in total. The predicted octanol–water partition coefficient (Wildman–Crippen LogP) is 0.00370. The van der Waals surface area contributed by atoms with Crippen molar-refractivity contribution in [2.45, 2.75) is 12.6 Å². The summed E-state index contributed by atoms with van der Waals surface area (Å²) < 4.78 is 0. The molecule has 1 saturated heterocycles. The lowest BCUT2D eigenvalue weighted by atomic mass is 10.1. The molecule has 2 heterocycles. The number of rotatable bonds is 3. The lowest BCUT2D eigenvalue weighted by Gasteiger charge is -2.35. The van der Waals surface area contributed by atoms with Crippen LogP contribution in [-0.2, 0) is 6.54 Å². The summed E-state index contributed by atoms with van der Waals surface area (Å²) in [7, 11) is 0. The molecule has 0 radical (unpaired) electrons. The maximum atomic E-state index is 10.6. The van der Waals surface area contributed by atoms with Gasteiger partial charge in [0.05, 0.1) is 6.10 Å². The average Bonchev–Trinajstić information content (AvgIpc) is 2.49.